The van der Waals surface area contributed by atoms with Crippen LogP contribution < -0.4 is 0 Å². The Morgan fingerprint density at radius 1 is 0.545 bits per heavy atom. The van der Waals surface area contributed by atoms with Crippen LogP contribution in [-0.4, -0.2) is 74.5 Å². The van der Waals surface area contributed by atoms with Gasteiger partial charge in [0.25, 0.3) is 0 Å². The van der Waals surface area contributed by atoms with Gasteiger partial charge in [0.1, 0.15) is 0 Å². The molecule has 2 heterocycles. The molecule has 0 saturated carbocycles. The summed E-state index contributed by atoms with van der Waals surface area (Å²) in [7, 11) is 4.30. The molecule has 3 unspecified atom stereocenters. The standard InChI is InChI=1S/2C7H15NO.2C2H6/c2*1-6-4-9-5-7(2)8(6)3;2*1-2/h2*6-7H,4-5H2,1-3H3;2*1-2H3/t6-,7?;;;/m1.../s1. The van der Waals surface area contributed by atoms with Gasteiger partial charge in [0.2, 0.25) is 0 Å². The summed E-state index contributed by atoms with van der Waals surface area (Å²) < 4.78 is 10.6. The summed E-state index contributed by atoms with van der Waals surface area (Å²) in [5.74, 6) is 0. The van der Waals surface area contributed by atoms with E-state index in [4.69, 9.17) is 9.47 Å². The molecule has 0 radical (unpaired) electrons. The highest BCUT2D eigenvalue weighted by Crippen LogP contribution is 2.09. The Hall–Kier alpha value is -0.160. The highest BCUT2D eigenvalue weighted by Gasteiger charge is 2.21. The molecule has 2 saturated heterocycles. The van der Waals surface area contributed by atoms with Gasteiger partial charge in [-0.1, -0.05) is 27.7 Å². The van der Waals surface area contributed by atoms with Crippen LogP contribution in [0.15, 0.2) is 0 Å². The molecule has 136 valence electrons. The maximum Gasteiger partial charge on any atom is 0.0619 e. The van der Waals surface area contributed by atoms with Gasteiger partial charge < -0.3 is 9.47 Å². The molecule has 0 aromatic rings. The molecule has 0 aromatic carbocycles. The molecule has 4 heteroatoms. The molecule has 0 spiro atoms. The Kier molecular flexibility index (Phi) is 15.8. The third-order valence-corrected chi connectivity index (χ3v) is 4.22. The number of ether oxygens (including phenoxy) is 2. The van der Waals surface area contributed by atoms with E-state index in [0.29, 0.717) is 24.2 Å². The van der Waals surface area contributed by atoms with Crippen molar-refractivity contribution in [3.63, 3.8) is 0 Å². The highest BCUT2D eigenvalue weighted by atomic mass is 16.5. The van der Waals surface area contributed by atoms with E-state index in [-0.39, 0.29) is 0 Å². The third-order valence-electron chi connectivity index (χ3n) is 4.22. The van der Waals surface area contributed by atoms with Gasteiger partial charge in [-0.3, -0.25) is 9.80 Å². The molecular formula is C18H42N2O2. The lowest BCUT2D eigenvalue weighted by Gasteiger charge is -2.35. The number of morpholine rings is 2. The fourth-order valence-corrected chi connectivity index (χ4v) is 2.16. The second-order valence-electron chi connectivity index (χ2n) is 5.80. The lowest BCUT2D eigenvalue weighted by molar-refractivity contribution is -0.0227. The quantitative estimate of drug-likeness (QED) is 0.682. The fourth-order valence-electron chi connectivity index (χ4n) is 2.16. The van der Waals surface area contributed by atoms with Crippen molar-refractivity contribution < 1.29 is 9.47 Å². The van der Waals surface area contributed by atoms with Crippen molar-refractivity contribution in [2.24, 2.45) is 0 Å². The van der Waals surface area contributed by atoms with Crippen molar-refractivity contribution in [2.75, 3.05) is 40.5 Å². The Morgan fingerprint density at radius 3 is 0.864 bits per heavy atom. The Balaban J connectivity index is 0. The predicted octanol–water partition coefficient (Wildman–Crippen LogP) is 3.50. The normalized spacial score (nSPS) is 32.5. The minimum atomic E-state index is 0.591. The minimum absolute atomic E-state index is 0.591. The Bertz CT molecular complexity index is 195. The zero-order chi connectivity index (χ0) is 17.7. The van der Waals surface area contributed by atoms with E-state index in [9.17, 15) is 0 Å². The smallest absolute Gasteiger partial charge is 0.0619 e. The zero-order valence-corrected chi connectivity index (χ0v) is 16.8. The van der Waals surface area contributed by atoms with Crippen molar-refractivity contribution in [1.29, 1.82) is 0 Å². The molecule has 2 aliphatic rings. The lowest BCUT2D eigenvalue weighted by atomic mass is 10.2. The maximum atomic E-state index is 5.32. The molecule has 2 aliphatic heterocycles. The van der Waals surface area contributed by atoms with Crippen molar-refractivity contribution in [3.8, 4) is 0 Å². The van der Waals surface area contributed by atoms with Crippen molar-refractivity contribution in [3.05, 3.63) is 0 Å². The van der Waals surface area contributed by atoms with Crippen LogP contribution in [-0.2, 0) is 9.47 Å². The molecule has 0 aliphatic carbocycles. The summed E-state index contributed by atoms with van der Waals surface area (Å²) in [5, 5.41) is 0. The molecule has 22 heavy (non-hydrogen) atoms. The van der Waals surface area contributed by atoms with Crippen LogP contribution in [0.4, 0.5) is 0 Å². The van der Waals surface area contributed by atoms with Gasteiger partial charge in [0, 0.05) is 24.2 Å². The second kappa shape index (κ2) is 14.4. The summed E-state index contributed by atoms with van der Waals surface area (Å²) in [4.78, 5) is 4.70. The van der Waals surface area contributed by atoms with Crippen molar-refractivity contribution in [2.45, 2.75) is 79.6 Å². The molecule has 2 rings (SSSR count). The van der Waals surface area contributed by atoms with Crippen LogP contribution in [0, 0.1) is 0 Å². The highest BCUT2D eigenvalue weighted by molar-refractivity contribution is 4.74. The SMILES string of the molecule is CC.CC.CC1COCC(C)N1C.CC1COC[C@@H](C)N1C. The summed E-state index contributed by atoms with van der Waals surface area (Å²) in [6.07, 6.45) is 0. The molecule has 2 fully saturated rings. The lowest BCUT2D eigenvalue weighted by Crippen LogP contribution is -2.46. The van der Waals surface area contributed by atoms with E-state index in [2.05, 4.69) is 51.6 Å². The summed E-state index contributed by atoms with van der Waals surface area (Å²) >= 11 is 0. The van der Waals surface area contributed by atoms with Crippen LogP contribution in [0.2, 0.25) is 0 Å². The average molecular weight is 319 g/mol. The van der Waals surface area contributed by atoms with Crippen LogP contribution >= 0.6 is 0 Å². The van der Waals surface area contributed by atoms with E-state index in [1.165, 1.54) is 0 Å². The summed E-state index contributed by atoms with van der Waals surface area (Å²) in [6.45, 7) is 20.3. The molecular weight excluding hydrogens is 276 g/mol. The van der Waals surface area contributed by atoms with Gasteiger partial charge in [-0.2, -0.15) is 0 Å². The first-order valence-corrected chi connectivity index (χ1v) is 9.02. The monoisotopic (exact) mass is 318 g/mol. The second-order valence-corrected chi connectivity index (χ2v) is 5.80. The molecule has 0 amide bonds. The number of nitrogens with zero attached hydrogens (tertiary/aromatic N) is 2. The number of rotatable bonds is 0. The fraction of sp³-hybridized carbons (Fsp3) is 1.00. The molecule has 4 atom stereocenters. The van der Waals surface area contributed by atoms with Gasteiger partial charge in [0.15, 0.2) is 0 Å². The predicted molar refractivity (Wildman–Crippen MR) is 97.7 cm³/mol. The minimum Gasteiger partial charge on any atom is -0.378 e. The first-order valence-electron chi connectivity index (χ1n) is 9.02. The van der Waals surface area contributed by atoms with Gasteiger partial charge in [-0.15, -0.1) is 0 Å². The van der Waals surface area contributed by atoms with E-state index >= 15 is 0 Å². The van der Waals surface area contributed by atoms with E-state index in [0.717, 1.165) is 26.4 Å². The number of hydrogen-bond donors (Lipinski definition) is 0. The first kappa shape index (κ1) is 24.1. The molecule has 0 N–H and O–H groups in total. The topological polar surface area (TPSA) is 24.9 Å². The maximum absolute atomic E-state index is 5.32. The van der Waals surface area contributed by atoms with Gasteiger partial charge >= 0.3 is 0 Å². The summed E-state index contributed by atoms with van der Waals surface area (Å²) in [5.41, 5.74) is 0. The number of hydrogen-bond acceptors (Lipinski definition) is 4. The van der Waals surface area contributed by atoms with E-state index in [1.807, 2.05) is 27.7 Å². The molecule has 4 nitrogen and oxygen atoms in total. The van der Waals surface area contributed by atoms with Gasteiger partial charge in [-0.05, 0) is 41.8 Å². The third kappa shape index (κ3) is 9.09. The van der Waals surface area contributed by atoms with Crippen LogP contribution in [0.25, 0.3) is 0 Å². The Morgan fingerprint density at radius 2 is 0.727 bits per heavy atom. The average Bonchev–Trinajstić information content (AvgIpc) is 2.55. The zero-order valence-electron chi connectivity index (χ0n) is 16.8. The Labute approximate surface area is 140 Å². The van der Waals surface area contributed by atoms with E-state index < -0.39 is 0 Å². The molecule has 0 bridgehead atoms. The van der Waals surface area contributed by atoms with Crippen molar-refractivity contribution >= 4 is 0 Å². The largest absolute Gasteiger partial charge is 0.378 e. The van der Waals surface area contributed by atoms with Crippen LogP contribution in [0.1, 0.15) is 55.4 Å². The van der Waals surface area contributed by atoms with Crippen LogP contribution in [0.3, 0.4) is 0 Å². The summed E-state index contributed by atoms with van der Waals surface area (Å²) in [6, 6.07) is 2.37. The van der Waals surface area contributed by atoms with E-state index in [1.54, 1.807) is 0 Å². The van der Waals surface area contributed by atoms with Gasteiger partial charge in [-0.25, -0.2) is 0 Å². The number of likely N-dealkylation sites (N-methyl/N-ethyl adjacent to an activating group) is 2. The van der Waals surface area contributed by atoms with Crippen LogP contribution in [0.5, 0.6) is 0 Å². The van der Waals surface area contributed by atoms with Gasteiger partial charge in [0.05, 0.1) is 26.4 Å². The van der Waals surface area contributed by atoms with Crippen molar-refractivity contribution in [1.82, 2.24) is 9.80 Å². The molecule has 0 aromatic heterocycles. The first-order chi connectivity index (χ1) is 10.4.